The summed E-state index contributed by atoms with van der Waals surface area (Å²) in [7, 11) is 0. The number of morpholine rings is 1. The summed E-state index contributed by atoms with van der Waals surface area (Å²) in [6.45, 7) is 11.9. The van der Waals surface area contributed by atoms with Crippen LogP contribution in [0.15, 0.2) is 41.5 Å². The van der Waals surface area contributed by atoms with E-state index in [1.165, 1.54) is 12.1 Å². The first-order valence-corrected chi connectivity index (χ1v) is 15.2. The monoisotopic (exact) mass is 590 g/mol. The maximum absolute atomic E-state index is 14.2. The molecule has 3 atom stereocenters. The van der Waals surface area contributed by atoms with Gasteiger partial charge in [0.15, 0.2) is 0 Å². The van der Waals surface area contributed by atoms with Crippen LogP contribution in [0.1, 0.15) is 52.0 Å². The largest absolute Gasteiger partial charge is 0.391 e. The average Bonchev–Trinajstić information content (AvgIpc) is 2.94. The van der Waals surface area contributed by atoms with Crippen molar-refractivity contribution in [3.63, 3.8) is 0 Å². The van der Waals surface area contributed by atoms with E-state index in [1.54, 1.807) is 24.0 Å². The summed E-state index contributed by atoms with van der Waals surface area (Å²) >= 11 is 0. The lowest BCUT2D eigenvalue weighted by atomic mass is 9.63. The molecule has 8 nitrogen and oxygen atoms in total. The first kappa shape index (κ1) is 33.8. The Bertz CT molecular complexity index is 1100. The molecule has 10 heteroatoms. The van der Waals surface area contributed by atoms with Crippen LogP contribution in [-0.4, -0.2) is 91.9 Å². The van der Waals surface area contributed by atoms with Gasteiger partial charge in [0.2, 0.25) is 11.8 Å². The second-order valence-corrected chi connectivity index (χ2v) is 11.6. The summed E-state index contributed by atoms with van der Waals surface area (Å²) in [5.41, 5.74) is 6.08. The van der Waals surface area contributed by atoms with Crippen molar-refractivity contribution in [2.45, 2.75) is 59.0 Å². The number of nitrogens with one attached hydrogen (secondary N) is 1. The van der Waals surface area contributed by atoms with E-state index < -0.39 is 35.0 Å². The number of carbonyl (C=O) groups excluding carboxylic acids is 2. The van der Waals surface area contributed by atoms with Crippen molar-refractivity contribution in [3.05, 3.63) is 58.7 Å². The van der Waals surface area contributed by atoms with Crippen LogP contribution in [0, 0.1) is 23.0 Å². The Hall–Kier alpha value is -2.66. The number of nitrogens with two attached hydrogens (primary N) is 1. The SMILES string of the molecule is CCCN(CCC)C(=O)C1=CC(C)=CC(C(N)=O)([C@H](Cc2cc(F)cc(F)c2)[C@@H](O)CNCCCN2CCOCC2)C1. The fourth-order valence-electron chi connectivity index (χ4n) is 6.20. The minimum atomic E-state index is -1.44. The molecular weight excluding hydrogens is 542 g/mol. The molecule has 0 radical (unpaired) electrons. The predicted molar refractivity (Wildman–Crippen MR) is 160 cm³/mol. The lowest BCUT2D eigenvalue weighted by Gasteiger charge is -2.42. The zero-order chi connectivity index (χ0) is 30.7. The Morgan fingerprint density at radius 3 is 2.38 bits per heavy atom. The van der Waals surface area contributed by atoms with Gasteiger partial charge in [0.05, 0.1) is 24.7 Å². The van der Waals surface area contributed by atoms with Crippen molar-refractivity contribution in [1.82, 2.24) is 15.1 Å². The van der Waals surface area contributed by atoms with Crippen molar-refractivity contribution < 1.29 is 28.2 Å². The highest BCUT2D eigenvalue weighted by Gasteiger charge is 2.48. The number of carbonyl (C=O) groups is 2. The Kier molecular flexibility index (Phi) is 13.1. The standard InChI is InChI=1S/C32H48F2N4O4/c1-4-8-38(9-5-2)30(40)25-15-23(3)20-32(21-25,31(35)41)28(18-24-16-26(33)19-27(34)17-24)29(39)22-36-7-6-10-37-11-13-42-14-12-37/h15-17,19-20,28-29,36,39H,4-14,18,21-22H2,1-3H3,(H2,35,41)/t28-,29+,32?/m1/s1. The molecule has 1 aromatic carbocycles. The van der Waals surface area contributed by atoms with Crippen LogP contribution in [0.5, 0.6) is 0 Å². The lowest BCUT2D eigenvalue weighted by Crippen LogP contribution is -2.52. The maximum Gasteiger partial charge on any atom is 0.249 e. The number of primary amides is 1. The van der Waals surface area contributed by atoms with E-state index in [0.29, 0.717) is 36.3 Å². The molecule has 1 aromatic rings. The number of hydrogen-bond acceptors (Lipinski definition) is 6. The normalized spacial score (nSPS) is 20.9. The number of halogens is 2. The van der Waals surface area contributed by atoms with Crippen LogP contribution in [0.4, 0.5) is 8.78 Å². The summed E-state index contributed by atoms with van der Waals surface area (Å²) in [4.78, 5) is 31.1. The van der Waals surface area contributed by atoms with Crippen molar-refractivity contribution in [1.29, 1.82) is 0 Å². The number of aliphatic hydroxyl groups excluding tert-OH is 1. The number of allylic oxidation sites excluding steroid dienone is 2. The van der Waals surface area contributed by atoms with Gasteiger partial charge in [-0.25, -0.2) is 8.78 Å². The number of benzene rings is 1. The Labute approximate surface area is 249 Å². The van der Waals surface area contributed by atoms with Gasteiger partial charge in [-0.3, -0.25) is 14.5 Å². The first-order chi connectivity index (χ1) is 20.1. The zero-order valence-corrected chi connectivity index (χ0v) is 25.3. The predicted octanol–water partition coefficient (Wildman–Crippen LogP) is 3.19. The minimum absolute atomic E-state index is 0.00100. The van der Waals surface area contributed by atoms with Gasteiger partial charge in [-0.1, -0.05) is 31.6 Å². The molecule has 3 rings (SSSR count). The molecule has 0 aromatic heterocycles. The molecule has 4 N–H and O–H groups in total. The van der Waals surface area contributed by atoms with Crippen LogP contribution < -0.4 is 11.1 Å². The highest BCUT2D eigenvalue weighted by molar-refractivity contribution is 5.96. The molecule has 0 spiro atoms. The summed E-state index contributed by atoms with van der Waals surface area (Å²) < 4.78 is 33.8. The van der Waals surface area contributed by atoms with Crippen LogP contribution in [0.25, 0.3) is 0 Å². The van der Waals surface area contributed by atoms with Gasteiger partial charge in [0.1, 0.15) is 11.6 Å². The van der Waals surface area contributed by atoms with Gasteiger partial charge in [-0.2, -0.15) is 0 Å². The molecule has 1 saturated heterocycles. The molecule has 1 heterocycles. The van der Waals surface area contributed by atoms with E-state index >= 15 is 0 Å². The first-order valence-electron chi connectivity index (χ1n) is 15.2. The van der Waals surface area contributed by atoms with E-state index in [2.05, 4.69) is 10.2 Å². The number of rotatable bonds is 16. The molecule has 42 heavy (non-hydrogen) atoms. The fourth-order valence-corrected chi connectivity index (χ4v) is 6.20. The van der Waals surface area contributed by atoms with Crippen LogP contribution in [-0.2, 0) is 20.7 Å². The Morgan fingerprint density at radius 2 is 1.79 bits per heavy atom. The quantitative estimate of drug-likeness (QED) is 0.255. The van der Waals surface area contributed by atoms with Crippen molar-refractivity contribution >= 4 is 11.8 Å². The van der Waals surface area contributed by atoms with E-state index in [9.17, 15) is 23.5 Å². The fraction of sp³-hybridized carbons (Fsp3) is 0.625. The van der Waals surface area contributed by atoms with E-state index in [4.69, 9.17) is 10.5 Å². The van der Waals surface area contributed by atoms with Gasteiger partial charge in [0, 0.05) is 50.3 Å². The third-order valence-electron chi connectivity index (χ3n) is 8.17. The van der Waals surface area contributed by atoms with Gasteiger partial charge in [0.25, 0.3) is 0 Å². The zero-order valence-electron chi connectivity index (χ0n) is 25.3. The van der Waals surface area contributed by atoms with Crippen LogP contribution in [0.3, 0.4) is 0 Å². The van der Waals surface area contributed by atoms with Crippen molar-refractivity contribution in [2.75, 3.05) is 59.0 Å². The highest BCUT2D eigenvalue weighted by Crippen LogP contribution is 2.44. The highest BCUT2D eigenvalue weighted by atomic mass is 19.1. The number of hydrogen-bond donors (Lipinski definition) is 3. The molecule has 0 saturated carbocycles. The Balaban J connectivity index is 1.86. The van der Waals surface area contributed by atoms with Crippen molar-refractivity contribution in [3.8, 4) is 0 Å². The third kappa shape index (κ3) is 9.17. The summed E-state index contributed by atoms with van der Waals surface area (Å²) in [6.07, 6.45) is 4.84. The summed E-state index contributed by atoms with van der Waals surface area (Å²) in [5, 5.41) is 14.9. The van der Waals surface area contributed by atoms with Crippen LogP contribution >= 0.6 is 0 Å². The smallest absolute Gasteiger partial charge is 0.249 e. The van der Waals surface area contributed by atoms with E-state index in [0.717, 1.165) is 58.2 Å². The maximum atomic E-state index is 14.2. The molecule has 1 aliphatic carbocycles. The average molecular weight is 591 g/mol. The lowest BCUT2D eigenvalue weighted by molar-refractivity contribution is -0.132. The molecule has 1 unspecified atom stereocenters. The number of aliphatic hydroxyl groups is 1. The van der Waals surface area contributed by atoms with Gasteiger partial charge >= 0.3 is 0 Å². The molecule has 2 aliphatic rings. The summed E-state index contributed by atoms with van der Waals surface area (Å²) in [6, 6.07) is 3.20. The van der Waals surface area contributed by atoms with E-state index in [-0.39, 0.29) is 25.3 Å². The molecular formula is C32H48F2N4O4. The minimum Gasteiger partial charge on any atom is -0.391 e. The van der Waals surface area contributed by atoms with E-state index in [1.807, 2.05) is 13.8 Å². The second-order valence-electron chi connectivity index (χ2n) is 11.6. The van der Waals surface area contributed by atoms with Crippen molar-refractivity contribution in [2.24, 2.45) is 17.1 Å². The van der Waals surface area contributed by atoms with Gasteiger partial charge in [-0.15, -0.1) is 0 Å². The molecule has 1 fully saturated rings. The van der Waals surface area contributed by atoms with Gasteiger partial charge in [-0.05, 0) is 69.8 Å². The topological polar surface area (TPSA) is 108 Å². The Morgan fingerprint density at radius 1 is 1.14 bits per heavy atom. The molecule has 234 valence electrons. The molecule has 2 amide bonds. The number of amides is 2. The van der Waals surface area contributed by atoms with Gasteiger partial charge < -0.3 is 25.8 Å². The second kappa shape index (κ2) is 16.3. The van der Waals surface area contributed by atoms with Crippen LogP contribution in [0.2, 0.25) is 0 Å². The molecule has 1 aliphatic heterocycles. The molecule has 0 bridgehead atoms. The number of nitrogens with zero attached hydrogens (tertiary/aromatic N) is 2. The number of ether oxygens (including phenoxy) is 1. The summed E-state index contributed by atoms with van der Waals surface area (Å²) in [5.74, 6) is -3.18. The third-order valence-corrected chi connectivity index (χ3v) is 8.17.